The third-order valence-electron chi connectivity index (χ3n) is 5.12. The van der Waals surface area contributed by atoms with E-state index in [1.807, 2.05) is 59.5 Å². The lowest BCUT2D eigenvalue weighted by Crippen LogP contribution is -2.47. The van der Waals surface area contributed by atoms with Gasteiger partial charge in [-0.1, -0.05) is 55.5 Å². The minimum Gasteiger partial charge on any atom is -0.483 e. The lowest BCUT2D eigenvalue weighted by atomic mass is 10.0. The van der Waals surface area contributed by atoms with E-state index in [0.29, 0.717) is 19.5 Å². The van der Waals surface area contributed by atoms with Gasteiger partial charge in [0.2, 0.25) is 5.91 Å². The molecule has 5 nitrogen and oxygen atoms in total. The minimum absolute atomic E-state index is 0.0180. The van der Waals surface area contributed by atoms with Crippen LogP contribution < -0.4 is 10.1 Å². The fraction of sp³-hybridized carbons (Fsp3) is 0.391. The Morgan fingerprint density at radius 2 is 1.71 bits per heavy atom. The number of benzene rings is 2. The minimum atomic E-state index is -0.111. The van der Waals surface area contributed by atoms with E-state index in [1.54, 1.807) is 0 Å². The average molecular weight is 380 g/mol. The summed E-state index contributed by atoms with van der Waals surface area (Å²) in [6.45, 7) is 3.44. The number of piperidine rings is 1. The molecule has 1 aliphatic heterocycles. The van der Waals surface area contributed by atoms with E-state index >= 15 is 0 Å². The first-order chi connectivity index (χ1) is 13.7. The highest BCUT2D eigenvalue weighted by Crippen LogP contribution is 2.18. The topological polar surface area (TPSA) is 58.6 Å². The van der Waals surface area contributed by atoms with Crippen molar-refractivity contribution in [3.05, 3.63) is 65.7 Å². The van der Waals surface area contributed by atoms with Crippen molar-refractivity contribution in [3.63, 3.8) is 0 Å². The summed E-state index contributed by atoms with van der Waals surface area (Å²) in [5, 5.41) is 3.03. The molecule has 1 aliphatic rings. The Morgan fingerprint density at radius 3 is 2.43 bits per heavy atom. The van der Waals surface area contributed by atoms with Crippen LogP contribution in [0.15, 0.2) is 54.6 Å². The van der Waals surface area contributed by atoms with Crippen molar-refractivity contribution in [1.29, 1.82) is 0 Å². The normalized spacial score (nSPS) is 14.5. The maximum atomic E-state index is 12.4. The summed E-state index contributed by atoms with van der Waals surface area (Å²) in [6, 6.07) is 17.7. The first kappa shape index (κ1) is 19.9. The number of amides is 2. The van der Waals surface area contributed by atoms with Crippen molar-refractivity contribution in [2.24, 2.45) is 0 Å². The van der Waals surface area contributed by atoms with Gasteiger partial charge in [0, 0.05) is 19.1 Å². The monoisotopic (exact) mass is 380 g/mol. The van der Waals surface area contributed by atoms with Gasteiger partial charge in [0.1, 0.15) is 5.75 Å². The number of para-hydroxylation sites is 1. The quantitative estimate of drug-likeness (QED) is 0.803. The molecule has 2 aromatic rings. The molecule has 0 atom stereocenters. The molecule has 1 saturated heterocycles. The zero-order valence-electron chi connectivity index (χ0n) is 16.4. The van der Waals surface area contributed by atoms with Crippen molar-refractivity contribution in [1.82, 2.24) is 10.2 Å². The van der Waals surface area contributed by atoms with Crippen LogP contribution in [0.4, 0.5) is 0 Å². The number of rotatable bonds is 7. The van der Waals surface area contributed by atoms with Gasteiger partial charge in [-0.15, -0.1) is 0 Å². The number of ether oxygens (including phenoxy) is 1. The van der Waals surface area contributed by atoms with Crippen molar-refractivity contribution < 1.29 is 14.3 Å². The average Bonchev–Trinajstić information content (AvgIpc) is 2.73. The number of nitrogens with one attached hydrogen (secondary N) is 1. The van der Waals surface area contributed by atoms with Crippen LogP contribution in [0.2, 0.25) is 0 Å². The summed E-state index contributed by atoms with van der Waals surface area (Å²) in [4.78, 5) is 26.6. The van der Waals surface area contributed by atoms with Gasteiger partial charge in [0.05, 0.1) is 6.42 Å². The second kappa shape index (κ2) is 9.93. The highest BCUT2D eigenvalue weighted by Gasteiger charge is 2.24. The Kier molecular flexibility index (Phi) is 7.06. The van der Waals surface area contributed by atoms with Gasteiger partial charge in [-0.25, -0.2) is 0 Å². The molecule has 148 valence electrons. The van der Waals surface area contributed by atoms with Gasteiger partial charge < -0.3 is 15.0 Å². The molecule has 0 radical (unpaired) electrons. The van der Waals surface area contributed by atoms with Crippen LogP contribution in [0.3, 0.4) is 0 Å². The number of hydrogen-bond acceptors (Lipinski definition) is 3. The van der Waals surface area contributed by atoms with E-state index in [9.17, 15) is 9.59 Å². The van der Waals surface area contributed by atoms with Crippen LogP contribution in [0.25, 0.3) is 0 Å². The van der Waals surface area contributed by atoms with E-state index in [4.69, 9.17) is 4.74 Å². The smallest absolute Gasteiger partial charge is 0.258 e. The zero-order chi connectivity index (χ0) is 19.8. The maximum Gasteiger partial charge on any atom is 0.258 e. The lowest BCUT2D eigenvalue weighted by Gasteiger charge is -2.32. The lowest BCUT2D eigenvalue weighted by molar-refractivity contribution is -0.131. The second-order valence-corrected chi connectivity index (χ2v) is 7.13. The van der Waals surface area contributed by atoms with Gasteiger partial charge in [-0.2, -0.15) is 0 Å². The Balaban J connectivity index is 1.40. The predicted molar refractivity (Wildman–Crippen MR) is 109 cm³/mol. The first-order valence-electron chi connectivity index (χ1n) is 9.97. The van der Waals surface area contributed by atoms with Crippen molar-refractivity contribution in [2.75, 3.05) is 19.7 Å². The van der Waals surface area contributed by atoms with Gasteiger partial charge in [-0.3, -0.25) is 9.59 Å². The summed E-state index contributed by atoms with van der Waals surface area (Å²) in [5.41, 5.74) is 2.13. The number of hydrogen-bond donors (Lipinski definition) is 1. The van der Waals surface area contributed by atoms with E-state index in [1.165, 1.54) is 0 Å². The summed E-state index contributed by atoms with van der Waals surface area (Å²) >= 11 is 0. The fourth-order valence-corrected chi connectivity index (χ4v) is 3.50. The number of carbonyl (C=O) groups excluding carboxylic acids is 2. The van der Waals surface area contributed by atoms with Gasteiger partial charge >= 0.3 is 0 Å². The van der Waals surface area contributed by atoms with Crippen molar-refractivity contribution in [2.45, 2.75) is 38.6 Å². The molecule has 0 spiro atoms. The fourth-order valence-electron chi connectivity index (χ4n) is 3.50. The van der Waals surface area contributed by atoms with Crippen LogP contribution in [-0.4, -0.2) is 42.5 Å². The second-order valence-electron chi connectivity index (χ2n) is 7.13. The molecular formula is C23H28N2O3. The number of aryl methyl sites for hydroxylation is 1. The Labute approximate surface area is 166 Å². The number of carbonyl (C=O) groups is 2. The van der Waals surface area contributed by atoms with Crippen molar-refractivity contribution in [3.8, 4) is 5.75 Å². The Hall–Kier alpha value is -2.82. The summed E-state index contributed by atoms with van der Waals surface area (Å²) < 4.78 is 5.68. The Morgan fingerprint density at radius 1 is 1.04 bits per heavy atom. The van der Waals surface area contributed by atoms with E-state index in [2.05, 4.69) is 12.2 Å². The predicted octanol–water partition coefficient (Wildman–Crippen LogP) is 2.98. The van der Waals surface area contributed by atoms with Crippen LogP contribution in [0.1, 0.15) is 30.9 Å². The largest absolute Gasteiger partial charge is 0.483 e. The molecule has 1 N–H and O–H groups in total. The van der Waals surface area contributed by atoms with Crippen LogP contribution in [0.5, 0.6) is 5.75 Å². The van der Waals surface area contributed by atoms with Gasteiger partial charge in [-0.05, 0) is 36.5 Å². The molecule has 28 heavy (non-hydrogen) atoms. The van der Waals surface area contributed by atoms with Crippen LogP contribution in [-0.2, 0) is 22.4 Å². The standard InChI is InChI=1S/C23H28N2O3/c1-2-19-10-6-7-11-21(19)28-17-22(26)24-20-12-14-25(15-13-20)23(27)16-18-8-4-3-5-9-18/h3-11,20H,2,12-17H2,1H3,(H,24,26). The third-order valence-corrected chi connectivity index (χ3v) is 5.12. The highest BCUT2D eigenvalue weighted by atomic mass is 16.5. The highest BCUT2D eigenvalue weighted by molar-refractivity contribution is 5.79. The molecule has 5 heteroatoms. The van der Waals surface area contributed by atoms with Crippen molar-refractivity contribution >= 4 is 11.8 Å². The molecule has 0 saturated carbocycles. The molecule has 0 unspecified atom stereocenters. The summed E-state index contributed by atoms with van der Waals surface area (Å²) in [6.07, 6.45) is 2.85. The van der Waals surface area contributed by atoms with Gasteiger partial charge in [0.25, 0.3) is 5.91 Å². The van der Waals surface area contributed by atoms with E-state index in [-0.39, 0.29) is 24.5 Å². The molecule has 2 aromatic carbocycles. The molecule has 1 fully saturated rings. The molecule has 0 aliphatic carbocycles. The van der Waals surface area contributed by atoms with Gasteiger partial charge in [0.15, 0.2) is 6.61 Å². The summed E-state index contributed by atoms with van der Waals surface area (Å²) in [5.74, 6) is 0.803. The zero-order valence-corrected chi connectivity index (χ0v) is 16.4. The number of likely N-dealkylation sites (tertiary alicyclic amines) is 1. The third kappa shape index (κ3) is 5.59. The first-order valence-corrected chi connectivity index (χ1v) is 9.97. The van der Waals surface area contributed by atoms with Crippen LogP contribution >= 0.6 is 0 Å². The van der Waals surface area contributed by atoms with E-state index in [0.717, 1.165) is 36.1 Å². The molecule has 2 amide bonds. The van der Waals surface area contributed by atoms with Crippen LogP contribution in [0, 0.1) is 0 Å². The molecule has 1 heterocycles. The maximum absolute atomic E-state index is 12.4. The molecular weight excluding hydrogens is 352 g/mol. The SMILES string of the molecule is CCc1ccccc1OCC(=O)NC1CCN(C(=O)Cc2ccccc2)CC1. The summed E-state index contributed by atoms with van der Waals surface area (Å²) in [7, 11) is 0. The molecule has 0 bridgehead atoms. The Bertz CT molecular complexity index is 783. The van der Waals surface area contributed by atoms with E-state index < -0.39 is 0 Å². The molecule has 3 rings (SSSR count). The molecule has 0 aromatic heterocycles. The number of nitrogens with zero attached hydrogens (tertiary/aromatic N) is 1.